The van der Waals surface area contributed by atoms with E-state index in [1.54, 1.807) is 0 Å². The molecule has 3 aromatic rings. The predicted molar refractivity (Wildman–Crippen MR) is 84.9 cm³/mol. The Morgan fingerprint density at radius 2 is 2.00 bits per heavy atom. The normalized spacial score (nSPS) is 18.3. The molecule has 22 heavy (non-hydrogen) atoms. The number of fused-ring (bicyclic) bond motifs is 1. The highest BCUT2D eigenvalue weighted by Gasteiger charge is 2.34. The summed E-state index contributed by atoms with van der Waals surface area (Å²) in [4.78, 5) is 18.7. The number of anilines is 1. The topological polar surface area (TPSA) is 46.3 Å². The highest BCUT2D eigenvalue weighted by Crippen LogP contribution is 2.32. The Kier molecular flexibility index (Phi) is 2.96. The first-order valence-electron chi connectivity index (χ1n) is 7.43. The Hall–Kier alpha value is -2.62. The minimum absolute atomic E-state index is 0.0143. The molecule has 0 radical (unpaired) electrons. The maximum absolute atomic E-state index is 12.3. The van der Waals surface area contributed by atoms with E-state index < -0.39 is 0 Å². The van der Waals surface area contributed by atoms with Crippen LogP contribution in [0.2, 0.25) is 0 Å². The lowest BCUT2D eigenvalue weighted by molar-refractivity contribution is -0.117. The van der Waals surface area contributed by atoms with Crippen LogP contribution < -0.4 is 4.90 Å². The molecule has 0 saturated carbocycles. The SMILES string of the molecule is Cc1ccc2oc([C@H]3CC(=O)N(c4ccccc4)C3)nc2c1. The number of oxazole rings is 1. The van der Waals surface area contributed by atoms with Gasteiger partial charge in [0.15, 0.2) is 5.58 Å². The average Bonchev–Trinajstić information content (AvgIpc) is 3.11. The summed E-state index contributed by atoms with van der Waals surface area (Å²) in [5.74, 6) is 0.794. The molecule has 1 atom stereocenters. The third kappa shape index (κ3) is 2.17. The Bertz CT molecular complexity index is 839. The summed E-state index contributed by atoms with van der Waals surface area (Å²) in [6.07, 6.45) is 0.445. The van der Waals surface area contributed by atoms with Crippen molar-refractivity contribution in [1.82, 2.24) is 4.98 Å². The van der Waals surface area contributed by atoms with Gasteiger partial charge in [-0.15, -0.1) is 0 Å². The maximum Gasteiger partial charge on any atom is 0.227 e. The lowest BCUT2D eigenvalue weighted by atomic mass is 10.1. The Morgan fingerprint density at radius 3 is 2.82 bits per heavy atom. The Labute approximate surface area is 128 Å². The Balaban J connectivity index is 1.64. The second-order valence-corrected chi connectivity index (χ2v) is 5.76. The highest BCUT2D eigenvalue weighted by molar-refractivity contribution is 5.96. The number of aromatic nitrogens is 1. The van der Waals surface area contributed by atoms with Crippen LogP contribution in [0.4, 0.5) is 5.69 Å². The number of amides is 1. The molecule has 2 heterocycles. The minimum atomic E-state index is 0.0143. The molecule has 1 saturated heterocycles. The van der Waals surface area contributed by atoms with Gasteiger partial charge in [0.2, 0.25) is 11.8 Å². The molecule has 4 rings (SSSR count). The summed E-state index contributed by atoms with van der Waals surface area (Å²) in [5, 5.41) is 0. The maximum atomic E-state index is 12.3. The predicted octanol–water partition coefficient (Wildman–Crippen LogP) is 3.66. The number of aryl methyl sites for hydroxylation is 1. The average molecular weight is 292 g/mol. The second-order valence-electron chi connectivity index (χ2n) is 5.76. The van der Waals surface area contributed by atoms with Crippen molar-refractivity contribution >= 4 is 22.7 Å². The standard InChI is InChI=1S/C18H16N2O2/c1-12-7-8-16-15(9-12)19-18(22-16)13-10-17(21)20(11-13)14-5-3-2-4-6-14/h2-9,13H,10-11H2,1H3/t13-/m0/s1. The molecule has 0 N–H and O–H groups in total. The van der Waals surface area contributed by atoms with Gasteiger partial charge < -0.3 is 9.32 Å². The van der Waals surface area contributed by atoms with Crippen LogP contribution >= 0.6 is 0 Å². The molecule has 1 aliphatic rings. The molecule has 0 spiro atoms. The minimum Gasteiger partial charge on any atom is -0.440 e. The molecular formula is C18H16N2O2. The number of carbonyl (C=O) groups is 1. The van der Waals surface area contributed by atoms with Gasteiger partial charge in [0.25, 0.3) is 0 Å². The van der Waals surface area contributed by atoms with Crippen LogP contribution in [0.25, 0.3) is 11.1 Å². The number of hydrogen-bond donors (Lipinski definition) is 0. The first kappa shape index (κ1) is 13.1. The Morgan fingerprint density at radius 1 is 1.18 bits per heavy atom. The molecule has 110 valence electrons. The van der Waals surface area contributed by atoms with E-state index in [1.165, 1.54) is 0 Å². The van der Waals surface area contributed by atoms with Crippen molar-refractivity contribution in [2.24, 2.45) is 0 Å². The molecular weight excluding hydrogens is 276 g/mol. The summed E-state index contributed by atoms with van der Waals surface area (Å²) < 4.78 is 5.85. The molecule has 0 aliphatic carbocycles. The van der Waals surface area contributed by atoms with Gasteiger partial charge in [0, 0.05) is 18.7 Å². The van der Waals surface area contributed by atoms with Gasteiger partial charge in [0.05, 0.1) is 5.92 Å². The van der Waals surface area contributed by atoms with Gasteiger partial charge in [-0.05, 0) is 36.8 Å². The summed E-state index contributed by atoms with van der Waals surface area (Å²) in [7, 11) is 0. The quantitative estimate of drug-likeness (QED) is 0.724. The van der Waals surface area contributed by atoms with Crippen LogP contribution in [0.3, 0.4) is 0 Å². The number of para-hydroxylation sites is 1. The van der Waals surface area contributed by atoms with E-state index in [0.29, 0.717) is 18.9 Å². The van der Waals surface area contributed by atoms with Crippen molar-refractivity contribution in [3.63, 3.8) is 0 Å². The van der Waals surface area contributed by atoms with E-state index in [2.05, 4.69) is 4.98 Å². The van der Waals surface area contributed by atoms with Gasteiger partial charge in [-0.3, -0.25) is 4.79 Å². The van der Waals surface area contributed by atoms with E-state index in [9.17, 15) is 4.79 Å². The first-order valence-corrected chi connectivity index (χ1v) is 7.43. The zero-order chi connectivity index (χ0) is 15.1. The molecule has 4 heteroatoms. The third-order valence-electron chi connectivity index (χ3n) is 4.10. The van der Waals surface area contributed by atoms with Crippen molar-refractivity contribution in [2.75, 3.05) is 11.4 Å². The van der Waals surface area contributed by atoms with Crippen LogP contribution in [0.1, 0.15) is 23.8 Å². The number of nitrogens with zero attached hydrogens (tertiary/aromatic N) is 2. The zero-order valence-electron chi connectivity index (χ0n) is 12.3. The lowest BCUT2D eigenvalue weighted by Crippen LogP contribution is -2.24. The van der Waals surface area contributed by atoms with Crippen LogP contribution in [-0.2, 0) is 4.79 Å². The third-order valence-corrected chi connectivity index (χ3v) is 4.10. The first-order chi connectivity index (χ1) is 10.7. The van der Waals surface area contributed by atoms with Crippen molar-refractivity contribution in [1.29, 1.82) is 0 Å². The molecule has 4 nitrogen and oxygen atoms in total. The van der Waals surface area contributed by atoms with Crippen LogP contribution in [0.5, 0.6) is 0 Å². The van der Waals surface area contributed by atoms with Gasteiger partial charge >= 0.3 is 0 Å². The molecule has 1 fully saturated rings. The fraction of sp³-hybridized carbons (Fsp3) is 0.222. The number of benzene rings is 2. The molecule has 2 aromatic carbocycles. The van der Waals surface area contributed by atoms with E-state index in [1.807, 2.05) is 60.4 Å². The molecule has 1 aliphatic heterocycles. The van der Waals surface area contributed by atoms with Crippen molar-refractivity contribution in [2.45, 2.75) is 19.3 Å². The second kappa shape index (κ2) is 4.98. The number of rotatable bonds is 2. The summed E-state index contributed by atoms with van der Waals surface area (Å²) in [5.41, 5.74) is 3.73. The monoisotopic (exact) mass is 292 g/mol. The molecule has 1 amide bonds. The summed E-state index contributed by atoms with van der Waals surface area (Å²) in [6, 6.07) is 15.7. The molecule has 0 bridgehead atoms. The van der Waals surface area contributed by atoms with E-state index in [0.717, 1.165) is 22.4 Å². The smallest absolute Gasteiger partial charge is 0.227 e. The van der Waals surface area contributed by atoms with E-state index >= 15 is 0 Å². The zero-order valence-corrected chi connectivity index (χ0v) is 12.3. The van der Waals surface area contributed by atoms with Crippen molar-refractivity contribution in [3.05, 3.63) is 60.0 Å². The summed E-state index contributed by atoms with van der Waals surface area (Å²) in [6.45, 7) is 2.65. The van der Waals surface area contributed by atoms with Gasteiger partial charge in [-0.2, -0.15) is 0 Å². The largest absolute Gasteiger partial charge is 0.440 e. The summed E-state index contributed by atoms with van der Waals surface area (Å²) >= 11 is 0. The van der Waals surface area contributed by atoms with E-state index in [-0.39, 0.29) is 11.8 Å². The fourth-order valence-corrected chi connectivity index (χ4v) is 2.96. The highest BCUT2D eigenvalue weighted by atomic mass is 16.3. The fourth-order valence-electron chi connectivity index (χ4n) is 2.96. The van der Waals surface area contributed by atoms with Crippen LogP contribution in [0.15, 0.2) is 52.9 Å². The molecule has 0 unspecified atom stereocenters. The number of carbonyl (C=O) groups excluding carboxylic acids is 1. The van der Waals surface area contributed by atoms with Gasteiger partial charge in [-0.1, -0.05) is 24.3 Å². The van der Waals surface area contributed by atoms with Gasteiger partial charge in [-0.25, -0.2) is 4.98 Å². The van der Waals surface area contributed by atoms with E-state index in [4.69, 9.17) is 4.42 Å². The van der Waals surface area contributed by atoms with Crippen LogP contribution in [0, 0.1) is 6.92 Å². The van der Waals surface area contributed by atoms with Crippen molar-refractivity contribution in [3.8, 4) is 0 Å². The van der Waals surface area contributed by atoms with Crippen LogP contribution in [-0.4, -0.2) is 17.4 Å². The molecule has 1 aromatic heterocycles. The number of hydrogen-bond acceptors (Lipinski definition) is 3. The lowest BCUT2D eigenvalue weighted by Gasteiger charge is -2.15. The van der Waals surface area contributed by atoms with Gasteiger partial charge in [0.1, 0.15) is 5.52 Å². The van der Waals surface area contributed by atoms with Crippen molar-refractivity contribution < 1.29 is 9.21 Å².